The molecule has 1 saturated heterocycles. The van der Waals surface area contributed by atoms with Crippen LogP contribution in [0, 0.1) is 5.92 Å². The molecular weight excluding hydrogens is 250 g/mol. The second-order valence-corrected chi connectivity index (χ2v) is 5.31. The van der Waals surface area contributed by atoms with E-state index in [0.717, 1.165) is 19.3 Å². The summed E-state index contributed by atoms with van der Waals surface area (Å²) in [5.41, 5.74) is 7.87. The smallest absolute Gasteiger partial charge is 0.310 e. The van der Waals surface area contributed by atoms with Gasteiger partial charge in [0.05, 0.1) is 11.6 Å². The van der Waals surface area contributed by atoms with Gasteiger partial charge in [-0.1, -0.05) is 19.8 Å². The van der Waals surface area contributed by atoms with Gasteiger partial charge in [0.15, 0.2) is 5.11 Å². The van der Waals surface area contributed by atoms with Crippen LogP contribution in [0.15, 0.2) is 5.10 Å². The van der Waals surface area contributed by atoms with Gasteiger partial charge in [-0.2, -0.15) is 5.10 Å². The largest absolute Gasteiger partial charge is 0.453 e. The number of unbranched alkanes of at least 4 members (excludes halogenated alkanes) is 1. The average Bonchev–Trinajstić information content (AvgIpc) is 2.59. The lowest BCUT2D eigenvalue weighted by Gasteiger charge is -2.22. The monoisotopic (exact) mass is 271 g/mol. The van der Waals surface area contributed by atoms with Crippen LogP contribution >= 0.6 is 12.2 Å². The second kappa shape index (κ2) is 6.13. The van der Waals surface area contributed by atoms with Crippen molar-refractivity contribution in [1.82, 2.24) is 5.43 Å². The first-order valence-electron chi connectivity index (χ1n) is 6.22. The number of thiocarbonyl (C=S) groups is 1. The highest BCUT2D eigenvalue weighted by atomic mass is 32.1. The molecule has 3 N–H and O–H groups in total. The SMILES string of the molecule is CCCC[C@H]1C[C@@](C)(/C(C)=N/NC(N)=S)OC1=O. The second-order valence-electron chi connectivity index (χ2n) is 4.87. The van der Waals surface area contributed by atoms with Crippen molar-refractivity contribution in [1.29, 1.82) is 0 Å². The summed E-state index contributed by atoms with van der Waals surface area (Å²) in [5, 5.41) is 4.15. The van der Waals surface area contributed by atoms with E-state index >= 15 is 0 Å². The summed E-state index contributed by atoms with van der Waals surface area (Å²) in [6, 6.07) is 0. The molecule has 1 heterocycles. The number of esters is 1. The molecule has 0 aliphatic carbocycles. The normalized spacial score (nSPS) is 28.1. The van der Waals surface area contributed by atoms with Gasteiger partial charge in [-0.3, -0.25) is 10.2 Å². The summed E-state index contributed by atoms with van der Waals surface area (Å²) in [7, 11) is 0. The van der Waals surface area contributed by atoms with Crippen LogP contribution in [0.3, 0.4) is 0 Å². The van der Waals surface area contributed by atoms with Gasteiger partial charge in [0, 0.05) is 6.42 Å². The number of hydrogen-bond acceptors (Lipinski definition) is 4. The molecule has 1 fully saturated rings. The maximum atomic E-state index is 11.8. The number of hydrazone groups is 1. The Hall–Kier alpha value is -1.17. The molecule has 18 heavy (non-hydrogen) atoms. The van der Waals surface area contributed by atoms with E-state index in [0.29, 0.717) is 12.1 Å². The number of nitrogens with zero attached hydrogens (tertiary/aromatic N) is 1. The zero-order chi connectivity index (χ0) is 13.8. The minimum absolute atomic E-state index is 0.0232. The van der Waals surface area contributed by atoms with E-state index in [1.165, 1.54) is 0 Å². The van der Waals surface area contributed by atoms with Gasteiger partial charge in [0.1, 0.15) is 5.60 Å². The molecule has 5 nitrogen and oxygen atoms in total. The highest BCUT2D eigenvalue weighted by Gasteiger charge is 2.45. The van der Waals surface area contributed by atoms with Crippen molar-refractivity contribution in [2.24, 2.45) is 16.8 Å². The Morgan fingerprint density at radius 1 is 1.72 bits per heavy atom. The molecule has 0 aromatic rings. The van der Waals surface area contributed by atoms with E-state index < -0.39 is 5.60 Å². The van der Waals surface area contributed by atoms with Gasteiger partial charge in [0.2, 0.25) is 0 Å². The van der Waals surface area contributed by atoms with Crippen LogP contribution in [-0.4, -0.2) is 22.4 Å². The molecule has 0 saturated carbocycles. The number of carbonyl (C=O) groups is 1. The van der Waals surface area contributed by atoms with Crippen molar-refractivity contribution in [3.8, 4) is 0 Å². The number of nitrogens with two attached hydrogens (primary N) is 1. The average molecular weight is 271 g/mol. The molecule has 0 radical (unpaired) electrons. The molecule has 0 aromatic heterocycles. The molecule has 1 rings (SSSR count). The van der Waals surface area contributed by atoms with E-state index in [-0.39, 0.29) is 17.0 Å². The van der Waals surface area contributed by atoms with Crippen LogP contribution in [0.4, 0.5) is 0 Å². The number of ether oxygens (including phenoxy) is 1. The zero-order valence-corrected chi connectivity index (χ0v) is 12.0. The van der Waals surface area contributed by atoms with Crippen molar-refractivity contribution in [2.75, 3.05) is 0 Å². The fourth-order valence-corrected chi connectivity index (χ4v) is 2.10. The number of rotatable bonds is 5. The van der Waals surface area contributed by atoms with Crippen molar-refractivity contribution in [3.05, 3.63) is 0 Å². The first-order valence-corrected chi connectivity index (χ1v) is 6.63. The van der Waals surface area contributed by atoms with Crippen LogP contribution in [0.1, 0.15) is 46.5 Å². The Balaban J connectivity index is 2.68. The lowest BCUT2D eigenvalue weighted by molar-refractivity contribution is -0.146. The number of cyclic esters (lactones) is 1. The van der Waals surface area contributed by atoms with Crippen LogP contribution in [-0.2, 0) is 9.53 Å². The zero-order valence-electron chi connectivity index (χ0n) is 11.2. The molecular formula is C12H21N3O2S. The number of hydrogen-bond donors (Lipinski definition) is 2. The maximum absolute atomic E-state index is 11.8. The fraction of sp³-hybridized carbons (Fsp3) is 0.750. The van der Waals surface area contributed by atoms with Gasteiger partial charge in [-0.25, -0.2) is 0 Å². The summed E-state index contributed by atoms with van der Waals surface area (Å²) in [6.07, 6.45) is 3.66. The van der Waals surface area contributed by atoms with Gasteiger partial charge >= 0.3 is 5.97 Å². The number of carbonyl (C=O) groups excluding carboxylic acids is 1. The first kappa shape index (κ1) is 14.9. The van der Waals surface area contributed by atoms with Gasteiger partial charge in [0.25, 0.3) is 0 Å². The summed E-state index contributed by atoms with van der Waals surface area (Å²) in [5.74, 6) is -0.152. The predicted molar refractivity (Wildman–Crippen MR) is 75.2 cm³/mol. The minimum atomic E-state index is -0.646. The van der Waals surface area contributed by atoms with E-state index in [1.54, 1.807) is 6.92 Å². The molecule has 0 bridgehead atoms. The van der Waals surface area contributed by atoms with Crippen LogP contribution in [0.2, 0.25) is 0 Å². The lowest BCUT2D eigenvalue weighted by atomic mass is 9.89. The van der Waals surface area contributed by atoms with E-state index in [2.05, 4.69) is 29.7 Å². The van der Waals surface area contributed by atoms with Crippen LogP contribution < -0.4 is 11.2 Å². The summed E-state index contributed by atoms with van der Waals surface area (Å²) in [6.45, 7) is 5.79. The van der Waals surface area contributed by atoms with Gasteiger partial charge < -0.3 is 10.5 Å². The molecule has 1 aliphatic heterocycles. The molecule has 0 spiro atoms. The van der Waals surface area contributed by atoms with Crippen molar-refractivity contribution in [2.45, 2.75) is 52.1 Å². The first-order chi connectivity index (χ1) is 8.39. The third kappa shape index (κ3) is 3.66. The summed E-state index contributed by atoms with van der Waals surface area (Å²) >= 11 is 4.68. The molecule has 6 heteroatoms. The van der Waals surface area contributed by atoms with Crippen molar-refractivity contribution < 1.29 is 9.53 Å². The predicted octanol–water partition coefficient (Wildman–Crippen LogP) is 1.71. The Morgan fingerprint density at radius 2 is 2.39 bits per heavy atom. The molecule has 2 atom stereocenters. The van der Waals surface area contributed by atoms with Gasteiger partial charge in [-0.15, -0.1) is 0 Å². The van der Waals surface area contributed by atoms with Gasteiger partial charge in [-0.05, 0) is 32.5 Å². The Morgan fingerprint density at radius 3 is 2.94 bits per heavy atom. The van der Waals surface area contributed by atoms with Crippen LogP contribution in [0.25, 0.3) is 0 Å². The third-order valence-corrected chi connectivity index (χ3v) is 3.39. The standard InChI is InChI=1S/C12H21N3O2S/c1-4-5-6-9-7-12(3,17-10(9)16)8(2)14-15-11(13)18/h9H,4-7H2,1-3H3,(H3,13,15,18)/b14-8+/t9-,12-/m0/s1. The van der Waals surface area contributed by atoms with E-state index in [4.69, 9.17) is 10.5 Å². The summed E-state index contributed by atoms with van der Waals surface area (Å²) in [4.78, 5) is 11.8. The molecule has 102 valence electrons. The minimum Gasteiger partial charge on any atom is -0.453 e. The molecule has 0 unspecified atom stereocenters. The molecule has 1 aliphatic rings. The van der Waals surface area contributed by atoms with Crippen molar-refractivity contribution >= 4 is 29.0 Å². The lowest BCUT2D eigenvalue weighted by Crippen LogP contribution is -2.36. The number of nitrogens with one attached hydrogen (secondary N) is 1. The molecule has 0 amide bonds. The Labute approximate surface area is 113 Å². The van der Waals surface area contributed by atoms with Crippen molar-refractivity contribution in [3.63, 3.8) is 0 Å². The van der Waals surface area contributed by atoms with Crippen LogP contribution in [0.5, 0.6) is 0 Å². The van der Waals surface area contributed by atoms with E-state index in [9.17, 15) is 4.79 Å². The Kier molecular flexibility index (Phi) is 5.07. The highest BCUT2D eigenvalue weighted by Crippen LogP contribution is 2.34. The quantitative estimate of drug-likeness (QED) is 0.344. The molecule has 0 aromatic carbocycles. The topological polar surface area (TPSA) is 76.7 Å². The third-order valence-electron chi connectivity index (χ3n) is 3.30. The fourth-order valence-electron chi connectivity index (χ4n) is 2.05. The maximum Gasteiger partial charge on any atom is 0.310 e. The summed E-state index contributed by atoms with van der Waals surface area (Å²) < 4.78 is 5.46. The highest BCUT2D eigenvalue weighted by molar-refractivity contribution is 7.80. The Bertz CT molecular complexity index is 370. The van der Waals surface area contributed by atoms with E-state index in [1.807, 2.05) is 6.92 Å².